The van der Waals surface area contributed by atoms with Gasteiger partial charge in [0.2, 0.25) is 0 Å². The first-order valence-corrected chi connectivity index (χ1v) is 6.75. The number of nitrogens with two attached hydrogens (primary N) is 1. The fourth-order valence-corrected chi connectivity index (χ4v) is 3.61. The highest BCUT2D eigenvalue weighted by Gasteiger charge is 2.22. The molecule has 14 heavy (non-hydrogen) atoms. The standard InChI is InChI=1S/C11H23NS.ClH/c1-2-13-11(8-9-12)10-6-4-3-5-7-10;/h10-11H,2-9,12H2,1H3;1H. The Balaban J connectivity index is 0.00000169. The first-order chi connectivity index (χ1) is 6.38. The van der Waals surface area contributed by atoms with E-state index in [1.807, 2.05) is 0 Å². The molecule has 1 rings (SSSR count). The number of hydrogen-bond donors (Lipinski definition) is 1. The van der Waals surface area contributed by atoms with Gasteiger partial charge in [-0.05, 0) is 37.5 Å². The van der Waals surface area contributed by atoms with Crippen molar-refractivity contribution >= 4 is 24.2 Å². The van der Waals surface area contributed by atoms with Gasteiger partial charge in [0.15, 0.2) is 0 Å². The van der Waals surface area contributed by atoms with Crippen molar-refractivity contribution in [3.05, 3.63) is 0 Å². The molecule has 2 N–H and O–H groups in total. The molecule has 1 aliphatic rings. The Morgan fingerprint density at radius 1 is 1.29 bits per heavy atom. The van der Waals surface area contributed by atoms with Gasteiger partial charge in [0.1, 0.15) is 0 Å². The molecule has 0 aromatic rings. The van der Waals surface area contributed by atoms with Crippen LogP contribution in [0.15, 0.2) is 0 Å². The molecule has 0 spiro atoms. The van der Waals surface area contributed by atoms with Gasteiger partial charge in [-0.15, -0.1) is 12.4 Å². The summed E-state index contributed by atoms with van der Waals surface area (Å²) in [6.07, 6.45) is 8.51. The average molecular weight is 238 g/mol. The normalized spacial score (nSPS) is 20.1. The maximum atomic E-state index is 5.65. The van der Waals surface area contributed by atoms with Crippen molar-refractivity contribution in [1.82, 2.24) is 0 Å². The van der Waals surface area contributed by atoms with Crippen molar-refractivity contribution in [1.29, 1.82) is 0 Å². The van der Waals surface area contributed by atoms with E-state index in [4.69, 9.17) is 5.73 Å². The van der Waals surface area contributed by atoms with Crippen molar-refractivity contribution in [3.63, 3.8) is 0 Å². The predicted molar refractivity (Wildman–Crippen MR) is 69.4 cm³/mol. The third-order valence-corrected chi connectivity index (χ3v) is 4.39. The molecular formula is C11H24ClNS. The van der Waals surface area contributed by atoms with Gasteiger partial charge in [0.05, 0.1) is 0 Å². The SMILES string of the molecule is CCSC(CCN)C1CCCCC1.Cl. The van der Waals surface area contributed by atoms with Gasteiger partial charge in [0.25, 0.3) is 0 Å². The Morgan fingerprint density at radius 2 is 1.93 bits per heavy atom. The molecule has 0 saturated heterocycles. The van der Waals surface area contributed by atoms with Crippen LogP contribution in [0.1, 0.15) is 45.4 Å². The highest BCUT2D eigenvalue weighted by molar-refractivity contribution is 7.99. The molecule has 1 unspecified atom stereocenters. The zero-order chi connectivity index (χ0) is 9.52. The quantitative estimate of drug-likeness (QED) is 0.793. The Kier molecular flexibility index (Phi) is 9.25. The van der Waals surface area contributed by atoms with E-state index in [0.29, 0.717) is 0 Å². The zero-order valence-corrected chi connectivity index (χ0v) is 10.8. The van der Waals surface area contributed by atoms with Crippen LogP contribution in [0.2, 0.25) is 0 Å². The van der Waals surface area contributed by atoms with Gasteiger partial charge in [0, 0.05) is 5.25 Å². The second kappa shape index (κ2) is 8.87. The lowest BCUT2D eigenvalue weighted by molar-refractivity contribution is 0.342. The van der Waals surface area contributed by atoms with Gasteiger partial charge < -0.3 is 5.73 Å². The van der Waals surface area contributed by atoms with E-state index in [1.165, 1.54) is 44.3 Å². The summed E-state index contributed by atoms with van der Waals surface area (Å²) >= 11 is 2.13. The van der Waals surface area contributed by atoms with Gasteiger partial charge in [-0.2, -0.15) is 11.8 Å². The van der Waals surface area contributed by atoms with Crippen LogP contribution in [0, 0.1) is 5.92 Å². The Morgan fingerprint density at radius 3 is 2.43 bits per heavy atom. The Labute approximate surface area is 99.0 Å². The summed E-state index contributed by atoms with van der Waals surface area (Å²) in [6.45, 7) is 3.13. The van der Waals surface area contributed by atoms with Crippen molar-refractivity contribution in [2.24, 2.45) is 11.7 Å². The van der Waals surface area contributed by atoms with Crippen LogP contribution in [0.5, 0.6) is 0 Å². The minimum Gasteiger partial charge on any atom is -0.330 e. The summed E-state index contributed by atoms with van der Waals surface area (Å²) < 4.78 is 0. The third kappa shape index (κ3) is 4.90. The van der Waals surface area contributed by atoms with Crippen molar-refractivity contribution in [2.75, 3.05) is 12.3 Å². The summed E-state index contributed by atoms with van der Waals surface area (Å²) in [5.41, 5.74) is 5.65. The van der Waals surface area contributed by atoms with Crippen molar-refractivity contribution < 1.29 is 0 Å². The van der Waals surface area contributed by atoms with E-state index in [0.717, 1.165) is 17.7 Å². The lowest BCUT2D eigenvalue weighted by Crippen LogP contribution is -2.23. The minimum absolute atomic E-state index is 0. The summed E-state index contributed by atoms with van der Waals surface area (Å²) in [6, 6.07) is 0. The fourth-order valence-electron chi connectivity index (χ4n) is 2.34. The molecule has 0 aliphatic heterocycles. The largest absolute Gasteiger partial charge is 0.330 e. The highest BCUT2D eigenvalue weighted by atomic mass is 35.5. The predicted octanol–water partition coefficient (Wildman–Crippen LogP) is 3.46. The minimum atomic E-state index is 0. The molecule has 1 atom stereocenters. The molecule has 0 radical (unpaired) electrons. The molecule has 0 aromatic heterocycles. The van der Waals surface area contributed by atoms with Gasteiger partial charge >= 0.3 is 0 Å². The molecule has 1 aliphatic carbocycles. The number of thioether (sulfide) groups is 1. The Hall–Kier alpha value is 0.600. The summed E-state index contributed by atoms with van der Waals surface area (Å²) in [5, 5.41) is 0.857. The smallest absolute Gasteiger partial charge is 0.00872 e. The van der Waals surface area contributed by atoms with E-state index in [-0.39, 0.29) is 12.4 Å². The number of rotatable bonds is 5. The summed E-state index contributed by atoms with van der Waals surface area (Å²) in [7, 11) is 0. The van der Waals surface area contributed by atoms with E-state index in [2.05, 4.69) is 18.7 Å². The van der Waals surface area contributed by atoms with E-state index >= 15 is 0 Å². The first kappa shape index (κ1) is 14.6. The zero-order valence-electron chi connectivity index (χ0n) is 9.21. The molecule has 0 bridgehead atoms. The summed E-state index contributed by atoms with van der Waals surface area (Å²) in [4.78, 5) is 0. The molecule has 1 fully saturated rings. The maximum absolute atomic E-state index is 5.65. The lowest BCUT2D eigenvalue weighted by atomic mass is 9.86. The van der Waals surface area contributed by atoms with Crippen LogP contribution >= 0.6 is 24.2 Å². The summed E-state index contributed by atoms with van der Waals surface area (Å²) in [5.74, 6) is 2.23. The van der Waals surface area contributed by atoms with Crippen LogP contribution in [0.4, 0.5) is 0 Å². The highest BCUT2D eigenvalue weighted by Crippen LogP contribution is 2.33. The van der Waals surface area contributed by atoms with Crippen LogP contribution in [0.25, 0.3) is 0 Å². The molecule has 0 amide bonds. The Bertz CT molecular complexity index is 120. The van der Waals surface area contributed by atoms with Gasteiger partial charge in [-0.3, -0.25) is 0 Å². The van der Waals surface area contributed by atoms with E-state index in [1.54, 1.807) is 0 Å². The maximum Gasteiger partial charge on any atom is 0.00872 e. The van der Waals surface area contributed by atoms with Gasteiger partial charge in [-0.25, -0.2) is 0 Å². The van der Waals surface area contributed by atoms with Crippen molar-refractivity contribution in [3.8, 4) is 0 Å². The molecule has 0 aromatic carbocycles. The molecule has 1 saturated carbocycles. The van der Waals surface area contributed by atoms with Crippen LogP contribution < -0.4 is 5.73 Å². The number of hydrogen-bond acceptors (Lipinski definition) is 2. The molecule has 3 heteroatoms. The second-order valence-corrected chi connectivity index (χ2v) is 5.49. The molecular weight excluding hydrogens is 214 g/mol. The van der Waals surface area contributed by atoms with Crippen molar-refractivity contribution in [2.45, 2.75) is 50.7 Å². The molecule has 1 nitrogen and oxygen atoms in total. The second-order valence-electron chi connectivity index (χ2n) is 3.97. The van der Waals surface area contributed by atoms with Crippen LogP contribution in [-0.4, -0.2) is 17.5 Å². The first-order valence-electron chi connectivity index (χ1n) is 5.70. The monoisotopic (exact) mass is 237 g/mol. The van der Waals surface area contributed by atoms with Crippen LogP contribution in [0.3, 0.4) is 0 Å². The lowest BCUT2D eigenvalue weighted by Gasteiger charge is -2.29. The van der Waals surface area contributed by atoms with E-state index < -0.39 is 0 Å². The average Bonchev–Trinajstić information content (AvgIpc) is 2.19. The topological polar surface area (TPSA) is 26.0 Å². The van der Waals surface area contributed by atoms with E-state index in [9.17, 15) is 0 Å². The molecule has 0 heterocycles. The fraction of sp³-hybridized carbons (Fsp3) is 1.00. The molecule has 86 valence electrons. The third-order valence-electron chi connectivity index (χ3n) is 3.01. The number of halogens is 1. The van der Waals surface area contributed by atoms with Crippen LogP contribution in [-0.2, 0) is 0 Å². The van der Waals surface area contributed by atoms with Gasteiger partial charge in [-0.1, -0.05) is 26.2 Å².